The van der Waals surface area contributed by atoms with Crippen LogP contribution in [-0.4, -0.2) is 34.6 Å². The first-order chi connectivity index (χ1) is 10.9. The van der Waals surface area contributed by atoms with Crippen LogP contribution in [0.25, 0.3) is 0 Å². The van der Waals surface area contributed by atoms with Crippen molar-refractivity contribution in [2.45, 2.75) is 25.8 Å². The molecule has 0 spiro atoms. The molecule has 5 heteroatoms. The molecule has 0 saturated heterocycles. The zero-order chi connectivity index (χ0) is 16.9. The number of carbonyl (C=O) groups excluding carboxylic acids is 1. The smallest absolute Gasteiger partial charge is 0.150 e. The molecule has 0 unspecified atom stereocenters. The first-order valence-electron chi connectivity index (χ1n) is 7.45. The largest absolute Gasteiger partial charge is 0.399 e. The number of nitrogens with zero attached hydrogens (tertiary/aromatic N) is 3. The molecule has 2 N–H and O–H groups in total. The SMILES string of the molecule is CN1N=C(c2cccc(N)c2)CC1(C)C.O=Cc1ccncc1. The number of hydrogen-bond acceptors (Lipinski definition) is 5. The number of anilines is 1. The van der Waals surface area contributed by atoms with Crippen LogP contribution in [0, 0.1) is 0 Å². The number of benzene rings is 1. The molecule has 2 heterocycles. The van der Waals surface area contributed by atoms with E-state index < -0.39 is 0 Å². The van der Waals surface area contributed by atoms with E-state index in [9.17, 15) is 4.79 Å². The fraction of sp³-hybridized carbons (Fsp3) is 0.278. The van der Waals surface area contributed by atoms with Gasteiger partial charge in [-0.15, -0.1) is 0 Å². The van der Waals surface area contributed by atoms with Crippen LogP contribution >= 0.6 is 0 Å². The Labute approximate surface area is 136 Å². The quantitative estimate of drug-likeness (QED) is 0.684. The topological polar surface area (TPSA) is 71.6 Å². The van der Waals surface area contributed by atoms with Crippen LogP contribution in [0.15, 0.2) is 53.9 Å². The van der Waals surface area contributed by atoms with Crippen molar-refractivity contribution in [2.75, 3.05) is 12.8 Å². The minimum atomic E-state index is 0.111. The predicted octanol–water partition coefficient (Wildman–Crippen LogP) is 2.98. The lowest BCUT2D eigenvalue weighted by atomic mass is 9.95. The number of pyridine rings is 1. The van der Waals surface area contributed by atoms with Crippen molar-refractivity contribution in [3.05, 3.63) is 59.9 Å². The van der Waals surface area contributed by atoms with Gasteiger partial charge in [-0.05, 0) is 43.7 Å². The highest BCUT2D eigenvalue weighted by Gasteiger charge is 2.31. The van der Waals surface area contributed by atoms with Crippen LogP contribution in [0.2, 0.25) is 0 Å². The summed E-state index contributed by atoms with van der Waals surface area (Å²) in [7, 11) is 2.01. The van der Waals surface area contributed by atoms with Crippen LogP contribution in [0.3, 0.4) is 0 Å². The van der Waals surface area contributed by atoms with Crippen molar-refractivity contribution in [1.29, 1.82) is 0 Å². The Kier molecular flexibility index (Phi) is 5.11. The molecule has 120 valence electrons. The summed E-state index contributed by atoms with van der Waals surface area (Å²) in [6, 6.07) is 11.2. The van der Waals surface area contributed by atoms with E-state index in [0.717, 1.165) is 29.7 Å². The van der Waals surface area contributed by atoms with Crippen molar-refractivity contribution < 1.29 is 4.79 Å². The molecule has 0 amide bonds. The minimum absolute atomic E-state index is 0.111. The minimum Gasteiger partial charge on any atom is -0.399 e. The van der Waals surface area contributed by atoms with E-state index in [1.807, 2.05) is 30.3 Å². The highest BCUT2D eigenvalue weighted by Crippen LogP contribution is 2.27. The Morgan fingerprint density at radius 2 is 1.91 bits per heavy atom. The Hall–Kier alpha value is -2.69. The maximum absolute atomic E-state index is 9.98. The number of nitrogens with two attached hydrogens (primary N) is 1. The van der Waals surface area contributed by atoms with Crippen molar-refractivity contribution in [3.63, 3.8) is 0 Å². The van der Waals surface area contributed by atoms with E-state index in [1.165, 1.54) is 0 Å². The monoisotopic (exact) mass is 310 g/mol. The molecule has 0 bridgehead atoms. The summed E-state index contributed by atoms with van der Waals surface area (Å²) in [5.41, 5.74) is 9.58. The molecule has 1 aliphatic heterocycles. The second-order valence-electron chi connectivity index (χ2n) is 6.08. The van der Waals surface area contributed by atoms with Crippen molar-refractivity contribution >= 4 is 17.7 Å². The van der Waals surface area contributed by atoms with Gasteiger partial charge in [0.1, 0.15) is 6.29 Å². The third kappa shape index (κ3) is 4.39. The number of hydrogen-bond donors (Lipinski definition) is 1. The second-order valence-corrected chi connectivity index (χ2v) is 6.08. The second kappa shape index (κ2) is 7.05. The van der Waals surface area contributed by atoms with Gasteiger partial charge >= 0.3 is 0 Å². The first kappa shape index (κ1) is 16.7. The van der Waals surface area contributed by atoms with Gasteiger partial charge in [0.2, 0.25) is 0 Å². The van der Waals surface area contributed by atoms with E-state index in [0.29, 0.717) is 5.56 Å². The van der Waals surface area contributed by atoms with E-state index in [2.05, 4.69) is 30.0 Å². The van der Waals surface area contributed by atoms with Crippen molar-refractivity contribution in [2.24, 2.45) is 5.10 Å². The molecule has 0 atom stereocenters. The van der Waals surface area contributed by atoms with Gasteiger partial charge in [-0.2, -0.15) is 5.10 Å². The zero-order valence-corrected chi connectivity index (χ0v) is 13.7. The van der Waals surface area contributed by atoms with Gasteiger partial charge in [0.25, 0.3) is 0 Å². The van der Waals surface area contributed by atoms with Gasteiger partial charge in [-0.25, -0.2) is 0 Å². The van der Waals surface area contributed by atoms with Gasteiger partial charge in [-0.1, -0.05) is 12.1 Å². The van der Waals surface area contributed by atoms with E-state index >= 15 is 0 Å². The summed E-state index contributed by atoms with van der Waals surface area (Å²) in [5.74, 6) is 0. The summed E-state index contributed by atoms with van der Waals surface area (Å²) in [4.78, 5) is 13.7. The van der Waals surface area contributed by atoms with Gasteiger partial charge in [-0.3, -0.25) is 14.8 Å². The van der Waals surface area contributed by atoms with E-state index in [4.69, 9.17) is 5.73 Å². The van der Waals surface area contributed by atoms with E-state index in [1.54, 1.807) is 24.5 Å². The van der Waals surface area contributed by atoms with Gasteiger partial charge in [0.05, 0.1) is 11.3 Å². The van der Waals surface area contributed by atoms with Gasteiger partial charge < -0.3 is 5.73 Å². The van der Waals surface area contributed by atoms with Crippen LogP contribution in [0.4, 0.5) is 5.69 Å². The van der Waals surface area contributed by atoms with E-state index in [-0.39, 0.29) is 5.54 Å². The number of aldehydes is 1. The summed E-state index contributed by atoms with van der Waals surface area (Å²) >= 11 is 0. The van der Waals surface area contributed by atoms with Gasteiger partial charge in [0, 0.05) is 37.1 Å². The number of aromatic nitrogens is 1. The molecule has 2 aromatic rings. The Bertz CT molecular complexity index is 695. The molecule has 0 fully saturated rings. The van der Waals surface area contributed by atoms with Crippen molar-refractivity contribution in [1.82, 2.24) is 9.99 Å². The summed E-state index contributed by atoms with van der Waals surface area (Å²) in [5, 5.41) is 6.57. The molecular formula is C18H22N4O. The molecule has 5 nitrogen and oxygen atoms in total. The average molecular weight is 310 g/mol. The Morgan fingerprint density at radius 1 is 1.22 bits per heavy atom. The maximum atomic E-state index is 9.98. The zero-order valence-electron chi connectivity index (χ0n) is 13.7. The lowest BCUT2D eigenvalue weighted by Crippen LogP contribution is -2.33. The lowest BCUT2D eigenvalue weighted by molar-refractivity contribution is 0.112. The fourth-order valence-corrected chi connectivity index (χ4v) is 2.20. The third-order valence-electron chi connectivity index (χ3n) is 3.81. The Morgan fingerprint density at radius 3 is 2.39 bits per heavy atom. The summed E-state index contributed by atoms with van der Waals surface area (Å²) < 4.78 is 0. The first-order valence-corrected chi connectivity index (χ1v) is 7.45. The van der Waals surface area contributed by atoms with Crippen LogP contribution in [0.1, 0.15) is 36.2 Å². The fourth-order valence-electron chi connectivity index (χ4n) is 2.20. The highest BCUT2D eigenvalue weighted by atomic mass is 16.1. The molecule has 1 aromatic carbocycles. The van der Waals surface area contributed by atoms with Crippen LogP contribution in [-0.2, 0) is 0 Å². The summed E-state index contributed by atoms with van der Waals surface area (Å²) in [6.07, 6.45) is 4.93. The predicted molar refractivity (Wildman–Crippen MR) is 93.5 cm³/mol. The molecule has 1 aliphatic rings. The van der Waals surface area contributed by atoms with Crippen molar-refractivity contribution in [3.8, 4) is 0 Å². The molecule has 1 aromatic heterocycles. The maximum Gasteiger partial charge on any atom is 0.150 e. The van der Waals surface area contributed by atoms with Gasteiger partial charge in [0.15, 0.2) is 0 Å². The third-order valence-corrected chi connectivity index (χ3v) is 3.81. The number of nitrogen functional groups attached to an aromatic ring is 1. The normalized spacial score (nSPS) is 15.4. The Balaban J connectivity index is 0.000000203. The lowest BCUT2D eigenvalue weighted by Gasteiger charge is -2.26. The number of carbonyl (C=O) groups is 1. The number of rotatable bonds is 2. The highest BCUT2D eigenvalue weighted by molar-refractivity contribution is 6.02. The standard InChI is InChI=1S/C12H17N3.C6H5NO/c1-12(2)8-11(14-15(12)3)9-5-4-6-10(13)7-9;8-5-6-1-3-7-4-2-6/h4-7H,8,13H2,1-3H3;1-5H. The molecule has 0 saturated carbocycles. The molecule has 0 radical (unpaired) electrons. The molecule has 0 aliphatic carbocycles. The van der Waals surface area contributed by atoms with Crippen LogP contribution in [0.5, 0.6) is 0 Å². The summed E-state index contributed by atoms with van der Waals surface area (Å²) in [6.45, 7) is 4.38. The molecule has 3 rings (SSSR count). The molecule has 23 heavy (non-hydrogen) atoms. The van der Waals surface area contributed by atoms with Crippen LogP contribution < -0.4 is 5.73 Å². The number of hydrazone groups is 1. The molecular weight excluding hydrogens is 288 g/mol. The average Bonchev–Trinajstić information content (AvgIpc) is 2.82.